The number of thiazole rings is 1. The van der Waals surface area contributed by atoms with Gasteiger partial charge in [-0.15, -0.1) is 11.8 Å². The van der Waals surface area contributed by atoms with Crippen molar-refractivity contribution >= 4 is 45.7 Å². The fourth-order valence-electron chi connectivity index (χ4n) is 3.03. The Balaban J connectivity index is 1.77. The lowest BCUT2D eigenvalue weighted by atomic mass is 9.95. The number of nitrogens with zero attached hydrogens (tertiary/aromatic N) is 1. The Bertz CT molecular complexity index is 801. The average Bonchev–Trinajstić information content (AvgIpc) is 3.33. The number of anilines is 2. The fraction of sp³-hybridized carbons (Fsp3) is 0.389. The number of aromatic nitrogens is 1. The van der Waals surface area contributed by atoms with Gasteiger partial charge in [-0.25, -0.2) is 9.78 Å². The summed E-state index contributed by atoms with van der Waals surface area (Å²) in [5.41, 5.74) is 0.984. The maximum atomic E-state index is 12.9. The molecule has 1 heterocycles. The fourth-order valence-corrected chi connectivity index (χ4v) is 4.31. The molecule has 1 saturated carbocycles. The van der Waals surface area contributed by atoms with E-state index in [0.29, 0.717) is 22.1 Å². The lowest BCUT2D eigenvalue weighted by molar-refractivity contribution is 0.0923. The van der Waals surface area contributed by atoms with Crippen LogP contribution in [0.25, 0.3) is 0 Å². The molecule has 138 valence electrons. The molecular formula is C18H21N3O3S2. The number of ether oxygens (including phenoxy) is 1. The summed E-state index contributed by atoms with van der Waals surface area (Å²) in [4.78, 5) is 29.4. The van der Waals surface area contributed by atoms with Crippen molar-refractivity contribution in [2.45, 2.75) is 29.9 Å². The first kappa shape index (κ1) is 18.7. The summed E-state index contributed by atoms with van der Waals surface area (Å²) < 4.78 is 6.26. The minimum Gasteiger partial charge on any atom is -0.497 e. The van der Waals surface area contributed by atoms with Crippen molar-refractivity contribution in [3.8, 4) is 5.75 Å². The first-order chi connectivity index (χ1) is 12.6. The first-order valence-electron chi connectivity index (χ1n) is 8.40. The normalized spacial score (nSPS) is 14.2. The van der Waals surface area contributed by atoms with E-state index in [1.807, 2.05) is 6.26 Å². The molecule has 3 rings (SSSR count). The van der Waals surface area contributed by atoms with Gasteiger partial charge in [-0.2, -0.15) is 0 Å². The second-order valence-corrected chi connectivity index (χ2v) is 8.16. The van der Waals surface area contributed by atoms with E-state index < -0.39 is 6.03 Å². The Kier molecular flexibility index (Phi) is 6.16. The molecule has 0 spiro atoms. The number of nitrogens with one attached hydrogen (secondary N) is 2. The van der Waals surface area contributed by atoms with Crippen molar-refractivity contribution in [1.82, 2.24) is 4.98 Å². The summed E-state index contributed by atoms with van der Waals surface area (Å²) in [5, 5.41) is 6.00. The van der Waals surface area contributed by atoms with E-state index in [-0.39, 0.29) is 11.7 Å². The lowest BCUT2D eigenvalue weighted by Crippen LogP contribution is -2.22. The summed E-state index contributed by atoms with van der Waals surface area (Å²) in [6.45, 7) is 0. The van der Waals surface area contributed by atoms with E-state index in [4.69, 9.17) is 4.74 Å². The molecular weight excluding hydrogens is 370 g/mol. The number of Topliss-reactive ketones (excluding diaryl/α,β-unsaturated/α-hetero) is 1. The molecule has 1 aliphatic carbocycles. The van der Waals surface area contributed by atoms with Crippen LogP contribution in [-0.4, -0.2) is 30.2 Å². The summed E-state index contributed by atoms with van der Waals surface area (Å²) >= 11 is 2.97. The smallest absolute Gasteiger partial charge is 0.325 e. The van der Waals surface area contributed by atoms with Crippen LogP contribution >= 0.6 is 23.1 Å². The molecule has 2 amide bonds. The summed E-state index contributed by atoms with van der Waals surface area (Å²) in [5.74, 6) is 0.686. The maximum Gasteiger partial charge on any atom is 0.325 e. The van der Waals surface area contributed by atoms with Gasteiger partial charge in [-0.1, -0.05) is 24.2 Å². The molecule has 2 aromatic rings. The molecule has 0 aliphatic heterocycles. The van der Waals surface area contributed by atoms with Crippen LogP contribution in [0, 0.1) is 5.92 Å². The van der Waals surface area contributed by atoms with Gasteiger partial charge >= 0.3 is 6.03 Å². The van der Waals surface area contributed by atoms with E-state index in [9.17, 15) is 9.59 Å². The van der Waals surface area contributed by atoms with Gasteiger partial charge in [0.1, 0.15) is 5.75 Å². The van der Waals surface area contributed by atoms with Crippen molar-refractivity contribution < 1.29 is 14.3 Å². The number of methoxy groups -OCH3 is 1. The van der Waals surface area contributed by atoms with Gasteiger partial charge in [-0.3, -0.25) is 10.1 Å². The van der Waals surface area contributed by atoms with Crippen molar-refractivity contribution in [3.05, 3.63) is 30.0 Å². The van der Waals surface area contributed by atoms with Crippen LogP contribution in [0.4, 0.5) is 15.6 Å². The van der Waals surface area contributed by atoms with Gasteiger partial charge < -0.3 is 10.1 Å². The van der Waals surface area contributed by atoms with Gasteiger partial charge in [0.15, 0.2) is 10.9 Å². The molecule has 0 bridgehead atoms. The summed E-state index contributed by atoms with van der Waals surface area (Å²) in [7, 11) is 1.56. The zero-order valence-corrected chi connectivity index (χ0v) is 16.3. The van der Waals surface area contributed by atoms with Crippen LogP contribution < -0.4 is 15.4 Å². The summed E-state index contributed by atoms with van der Waals surface area (Å²) in [6, 6.07) is 4.72. The highest BCUT2D eigenvalue weighted by molar-refractivity contribution is 8.00. The highest BCUT2D eigenvalue weighted by Gasteiger charge is 2.26. The predicted octanol–water partition coefficient (Wildman–Crippen LogP) is 4.89. The molecule has 1 aromatic carbocycles. The Morgan fingerprint density at radius 3 is 2.69 bits per heavy atom. The minimum absolute atomic E-state index is 0.0221. The zero-order valence-electron chi connectivity index (χ0n) is 14.7. The molecule has 1 fully saturated rings. The average molecular weight is 392 g/mol. The SMILES string of the molecule is COc1ccc(NC(=O)Nc2ncc(SC)s2)c(C(=O)C2CCCC2)c1. The molecule has 1 aromatic heterocycles. The van der Waals surface area contributed by atoms with Crippen LogP contribution in [0.5, 0.6) is 5.75 Å². The monoisotopic (exact) mass is 391 g/mol. The van der Waals surface area contributed by atoms with Gasteiger partial charge in [0.2, 0.25) is 0 Å². The van der Waals surface area contributed by atoms with E-state index >= 15 is 0 Å². The van der Waals surface area contributed by atoms with Crippen molar-refractivity contribution in [3.63, 3.8) is 0 Å². The Morgan fingerprint density at radius 1 is 1.27 bits per heavy atom. The van der Waals surface area contributed by atoms with Gasteiger partial charge in [0, 0.05) is 11.5 Å². The molecule has 8 heteroatoms. The Hall–Kier alpha value is -2.06. The molecule has 26 heavy (non-hydrogen) atoms. The van der Waals surface area contributed by atoms with Gasteiger partial charge in [-0.05, 0) is 37.3 Å². The first-order valence-corrected chi connectivity index (χ1v) is 10.4. The summed E-state index contributed by atoms with van der Waals surface area (Å²) in [6.07, 6.45) is 7.62. The van der Waals surface area contributed by atoms with Crippen molar-refractivity contribution in [1.29, 1.82) is 0 Å². The van der Waals surface area contributed by atoms with Crippen LogP contribution in [0.3, 0.4) is 0 Å². The number of ketones is 1. The predicted molar refractivity (Wildman–Crippen MR) is 106 cm³/mol. The maximum absolute atomic E-state index is 12.9. The van der Waals surface area contributed by atoms with Crippen LogP contribution in [0.2, 0.25) is 0 Å². The number of rotatable bonds is 6. The second kappa shape index (κ2) is 8.55. The van der Waals surface area contributed by atoms with E-state index in [1.165, 1.54) is 11.3 Å². The number of carbonyl (C=O) groups is 2. The third-order valence-electron chi connectivity index (χ3n) is 4.37. The standard InChI is InChI=1S/C18H21N3O3S2/c1-24-12-7-8-14(13(9-12)16(22)11-5-3-4-6-11)20-17(23)21-18-19-10-15(25-2)26-18/h7-11H,3-6H2,1-2H3,(H2,19,20,21,23). The van der Waals surface area contributed by atoms with Gasteiger partial charge in [0.05, 0.1) is 23.2 Å². The molecule has 0 radical (unpaired) electrons. The molecule has 6 nitrogen and oxygen atoms in total. The minimum atomic E-state index is -0.419. The van der Waals surface area contributed by atoms with E-state index in [1.54, 1.807) is 43.3 Å². The topological polar surface area (TPSA) is 80.3 Å². The third-order valence-corrected chi connectivity index (χ3v) is 6.34. The molecule has 0 saturated heterocycles. The molecule has 0 atom stereocenters. The van der Waals surface area contributed by atoms with Gasteiger partial charge in [0.25, 0.3) is 0 Å². The number of amides is 2. The molecule has 2 N–H and O–H groups in total. The number of thioether (sulfide) groups is 1. The second-order valence-electron chi connectivity index (χ2n) is 6.02. The quantitative estimate of drug-likeness (QED) is 0.541. The number of urea groups is 1. The lowest BCUT2D eigenvalue weighted by Gasteiger charge is -2.15. The van der Waals surface area contributed by atoms with Crippen LogP contribution in [0.15, 0.2) is 28.6 Å². The molecule has 0 unspecified atom stereocenters. The van der Waals surface area contributed by atoms with Crippen molar-refractivity contribution in [2.75, 3.05) is 24.0 Å². The van der Waals surface area contributed by atoms with Crippen molar-refractivity contribution in [2.24, 2.45) is 5.92 Å². The van der Waals surface area contributed by atoms with E-state index in [2.05, 4.69) is 15.6 Å². The largest absolute Gasteiger partial charge is 0.497 e. The number of hydrogen-bond acceptors (Lipinski definition) is 6. The van der Waals surface area contributed by atoms with Crippen LogP contribution in [0.1, 0.15) is 36.0 Å². The number of carbonyl (C=O) groups excluding carboxylic acids is 2. The Labute approximate surface area is 160 Å². The Morgan fingerprint density at radius 2 is 2.04 bits per heavy atom. The molecule has 1 aliphatic rings. The van der Waals surface area contributed by atoms with Crippen LogP contribution in [-0.2, 0) is 0 Å². The zero-order chi connectivity index (χ0) is 18.5. The highest BCUT2D eigenvalue weighted by atomic mass is 32.2. The highest BCUT2D eigenvalue weighted by Crippen LogP contribution is 2.32. The number of hydrogen-bond donors (Lipinski definition) is 2. The third kappa shape index (κ3) is 4.37. The van der Waals surface area contributed by atoms with E-state index in [0.717, 1.165) is 29.9 Å². The number of benzene rings is 1.